The summed E-state index contributed by atoms with van der Waals surface area (Å²) < 4.78 is 0.933. The lowest BCUT2D eigenvalue weighted by molar-refractivity contribution is 0.213. The Hall–Kier alpha value is -1.62. The second-order valence-electron chi connectivity index (χ2n) is 3.08. The summed E-state index contributed by atoms with van der Waals surface area (Å²) in [6, 6.07) is 5.70. The van der Waals surface area contributed by atoms with Crippen LogP contribution in [0.25, 0.3) is 10.2 Å². The Balaban J connectivity index is 2.55. The SMILES string of the molecule is CON=C(C)c1ccc2[nH]c(=O)sc2c1. The molecule has 4 nitrogen and oxygen atoms in total. The van der Waals surface area contributed by atoms with Crippen molar-refractivity contribution in [2.24, 2.45) is 5.16 Å². The molecule has 5 heteroatoms. The molecule has 1 N–H and O–H groups in total. The van der Waals surface area contributed by atoms with E-state index in [1.165, 1.54) is 18.4 Å². The maximum Gasteiger partial charge on any atom is 0.305 e. The van der Waals surface area contributed by atoms with Crippen molar-refractivity contribution in [1.82, 2.24) is 4.98 Å². The van der Waals surface area contributed by atoms with Gasteiger partial charge in [0.1, 0.15) is 7.11 Å². The van der Waals surface area contributed by atoms with E-state index in [2.05, 4.69) is 10.1 Å². The lowest BCUT2D eigenvalue weighted by Gasteiger charge is -1.99. The first-order valence-corrected chi connectivity index (χ1v) is 5.23. The van der Waals surface area contributed by atoms with Gasteiger partial charge in [0.05, 0.1) is 15.9 Å². The molecule has 1 aromatic carbocycles. The molecule has 0 saturated heterocycles. The third-order valence-electron chi connectivity index (χ3n) is 2.07. The van der Waals surface area contributed by atoms with Crippen molar-refractivity contribution in [2.45, 2.75) is 6.92 Å². The second kappa shape index (κ2) is 3.86. The van der Waals surface area contributed by atoms with Gasteiger partial charge in [-0.3, -0.25) is 4.79 Å². The molecule has 0 amide bonds. The number of hydrogen-bond donors (Lipinski definition) is 1. The largest absolute Gasteiger partial charge is 0.399 e. The fourth-order valence-electron chi connectivity index (χ4n) is 1.36. The van der Waals surface area contributed by atoms with Gasteiger partial charge in [0.25, 0.3) is 0 Å². The van der Waals surface area contributed by atoms with Crippen LogP contribution in [0.4, 0.5) is 0 Å². The molecule has 1 heterocycles. The number of oxime groups is 1. The van der Waals surface area contributed by atoms with E-state index in [4.69, 9.17) is 4.84 Å². The van der Waals surface area contributed by atoms with E-state index >= 15 is 0 Å². The maximum atomic E-state index is 11.1. The van der Waals surface area contributed by atoms with Crippen molar-refractivity contribution >= 4 is 27.3 Å². The molecule has 0 saturated carbocycles. The first-order valence-electron chi connectivity index (χ1n) is 4.41. The van der Waals surface area contributed by atoms with Crippen molar-refractivity contribution in [3.63, 3.8) is 0 Å². The van der Waals surface area contributed by atoms with Crippen molar-refractivity contribution in [2.75, 3.05) is 7.11 Å². The van der Waals surface area contributed by atoms with Gasteiger partial charge in [-0.1, -0.05) is 22.6 Å². The Morgan fingerprint density at radius 3 is 3.07 bits per heavy atom. The molecule has 0 spiro atoms. The highest BCUT2D eigenvalue weighted by Gasteiger charge is 2.03. The zero-order valence-corrected chi connectivity index (χ0v) is 9.22. The van der Waals surface area contributed by atoms with E-state index < -0.39 is 0 Å². The number of rotatable bonds is 2. The summed E-state index contributed by atoms with van der Waals surface area (Å²) in [4.78, 5) is 18.5. The number of thiazole rings is 1. The Bertz CT molecular complexity index is 568. The molecule has 0 unspecified atom stereocenters. The molecule has 0 bridgehead atoms. The van der Waals surface area contributed by atoms with E-state index in [-0.39, 0.29) is 4.87 Å². The highest BCUT2D eigenvalue weighted by Crippen LogP contribution is 2.16. The van der Waals surface area contributed by atoms with Crippen LogP contribution in [0.5, 0.6) is 0 Å². The number of aromatic amines is 1. The number of nitrogens with one attached hydrogen (secondary N) is 1. The zero-order valence-electron chi connectivity index (χ0n) is 8.40. The monoisotopic (exact) mass is 222 g/mol. The zero-order chi connectivity index (χ0) is 10.8. The minimum Gasteiger partial charge on any atom is -0.399 e. The third-order valence-corrected chi connectivity index (χ3v) is 2.91. The molecule has 0 atom stereocenters. The van der Waals surface area contributed by atoms with Crippen LogP contribution < -0.4 is 4.87 Å². The predicted octanol–water partition coefficient (Wildman–Crippen LogP) is 1.96. The van der Waals surface area contributed by atoms with E-state index in [0.717, 1.165) is 21.5 Å². The van der Waals surface area contributed by atoms with Crippen LogP contribution in [-0.2, 0) is 4.84 Å². The van der Waals surface area contributed by atoms with E-state index in [1.54, 1.807) is 0 Å². The van der Waals surface area contributed by atoms with Gasteiger partial charge in [-0.05, 0) is 19.1 Å². The van der Waals surface area contributed by atoms with Gasteiger partial charge in [-0.25, -0.2) is 0 Å². The van der Waals surface area contributed by atoms with Gasteiger partial charge >= 0.3 is 4.87 Å². The summed E-state index contributed by atoms with van der Waals surface area (Å²) in [7, 11) is 1.51. The van der Waals surface area contributed by atoms with Gasteiger partial charge in [0.15, 0.2) is 0 Å². The molecule has 2 aromatic rings. The van der Waals surface area contributed by atoms with E-state index in [1.807, 2.05) is 25.1 Å². The standard InChI is InChI=1S/C10H10N2O2S/c1-6(12-14-2)7-3-4-8-9(5-7)15-10(13)11-8/h3-5H,1-2H3,(H,11,13). The summed E-state index contributed by atoms with van der Waals surface area (Å²) in [5.41, 5.74) is 2.61. The minimum absolute atomic E-state index is 0.0384. The second-order valence-corrected chi connectivity index (χ2v) is 4.10. The normalized spacial score (nSPS) is 12.0. The Morgan fingerprint density at radius 1 is 1.53 bits per heavy atom. The molecule has 78 valence electrons. The first kappa shape index (κ1) is 9.92. The van der Waals surface area contributed by atoms with Gasteiger partial charge in [0.2, 0.25) is 0 Å². The third kappa shape index (κ3) is 1.92. The van der Waals surface area contributed by atoms with Crippen LogP contribution >= 0.6 is 11.3 Å². The molecule has 0 radical (unpaired) electrons. The van der Waals surface area contributed by atoms with Crippen LogP contribution in [0.2, 0.25) is 0 Å². The van der Waals surface area contributed by atoms with Gasteiger partial charge in [0, 0.05) is 5.56 Å². The minimum atomic E-state index is -0.0384. The number of benzene rings is 1. The number of aromatic nitrogens is 1. The molecular weight excluding hydrogens is 212 g/mol. The number of hydrogen-bond acceptors (Lipinski definition) is 4. The van der Waals surface area contributed by atoms with E-state index in [0.29, 0.717) is 0 Å². The number of fused-ring (bicyclic) bond motifs is 1. The Morgan fingerprint density at radius 2 is 2.33 bits per heavy atom. The van der Waals surface area contributed by atoms with Crippen LogP contribution in [0.1, 0.15) is 12.5 Å². The summed E-state index contributed by atoms with van der Waals surface area (Å²) in [5, 5.41) is 3.84. The van der Waals surface area contributed by atoms with E-state index in [9.17, 15) is 4.79 Å². The van der Waals surface area contributed by atoms with Crippen molar-refractivity contribution in [1.29, 1.82) is 0 Å². The maximum absolute atomic E-state index is 11.1. The molecule has 0 fully saturated rings. The summed E-state index contributed by atoms with van der Waals surface area (Å²) in [6.45, 7) is 1.86. The van der Waals surface area contributed by atoms with Crippen LogP contribution in [0.3, 0.4) is 0 Å². The predicted molar refractivity (Wildman–Crippen MR) is 61.7 cm³/mol. The first-order chi connectivity index (χ1) is 7.20. The fourth-order valence-corrected chi connectivity index (χ4v) is 2.14. The fraction of sp³-hybridized carbons (Fsp3) is 0.200. The van der Waals surface area contributed by atoms with Gasteiger partial charge < -0.3 is 9.82 Å². The molecule has 0 aliphatic heterocycles. The van der Waals surface area contributed by atoms with Crippen molar-refractivity contribution < 1.29 is 4.84 Å². The topological polar surface area (TPSA) is 54.4 Å². The summed E-state index contributed by atoms with van der Waals surface area (Å²) >= 11 is 1.19. The quantitative estimate of drug-likeness (QED) is 0.623. The van der Waals surface area contributed by atoms with Gasteiger partial charge in [-0.2, -0.15) is 0 Å². The molecule has 15 heavy (non-hydrogen) atoms. The van der Waals surface area contributed by atoms with Gasteiger partial charge in [-0.15, -0.1) is 0 Å². The average Bonchev–Trinajstić information content (AvgIpc) is 2.57. The average molecular weight is 222 g/mol. The lowest BCUT2D eigenvalue weighted by Crippen LogP contribution is -1.94. The number of H-pyrrole nitrogens is 1. The number of nitrogens with zero attached hydrogens (tertiary/aromatic N) is 1. The van der Waals surface area contributed by atoms with Crippen LogP contribution in [-0.4, -0.2) is 17.8 Å². The molecule has 0 aliphatic rings. The summed E-state index contributed by atoms with van der Waals surface area (Å²) in [5.74, 6) is 0. The molecule has 2 rings (SSSR count). The molecular formula is C10H10N2O2S. The lowest BCUT2D eigenvalue weighted by atomic mass is 10.1. The highest BCUT2D eigenvalue weighted by molar-refractivity contribution is 7.16. The summed E-state index contributed by atoms with van der Waals surface area (Å²) in [6.07, 6.45) is 0. The Kier molecular flexibility index (Phi) is 2.55. The van der Waals surface area contributed by atoms with Crippen LogP contribution in [0, 0.1) is 0 Å². The van der Waals surface area contributed by atoms with Crippen molar-refractivity contribution in [3.05, 3.63) is 33.4 Å². The smallest absolute Gasteiger partial charge is 0.305 e. The molecule has 0 aliphatic carbocycles. The van der Waals surface area contributed by atoms with Crippen LogP contribution in [0.15, 0.2) is 28.1 Å². The highest BCUT2D eigenvalue weighted by atomic mass is 32.1. The van der Waals surface area contributed by atoms with Crippen molar-refractivity contribution in [3.8, 4) is 0 Å². The molecule has 1 aromatic heterocycles. The Labute approximate surface area is 90.2 Å².